The summed E-state index contributed by atoms with van der Waals surface area (Å²) in [6.07, 6.45) is 0.855. The lowest BCUT2D eigenvalue weighted by molar-refractivity contribution is 0.0947. The number of aromatic nitrogens is 2. The third-order valence-electron chi connectivity index (χ3n) is 4.13. The van der Waals surface area contributed by atoms with Gasteiger partial charge in [-0.2, -0.15) is 0 Å². The molecule has 1 amide bonds. The maximum absolute atomic E-state index is 12.5. The fourth-order valence-electron chi connectivity index (χ4n) is 2.90. The number of rotatable bonds is 6. The van der Waals surface area contributed by atoms with E-state index < -0.39 is 0 Å². The topological polar surface area (TPSA) is 78.1 Å². The smallest absolute Gasteiger partial charge is 0.269 e. The number of ketones is 1. The lowest BCUT2D eigenvalue weighted by Crippen LogP contribution is -2.28. The molecule has 6 heteroatoms. The molecule has 3 rings (SSSR count). The highest BCUT2D eigenvalue weighted by molar-refractivity contribution is 6.15. The van der Waals surface area contributed by atoms with Crippen LogP contribution in [0.1, 0.15) is 34.3 Å². The van der Waals surface area contributed by atoms with Crippen molar-refractivity contribution >= 4 is 33.5 Å². The average Bonchev–Trinajstić information content (AvgIpc) is 2.96. The first-order valence-electron chi connectivity index (χ1n) is 8.32. The van der Waals surface area contributed by atoms with E-state index in [1.54, 1.807) is 6.07 Å². The lowest BCUT2D eigenvalue weighted by Gasteiger charge is -2.10. The van der Waals surface area contributed by atoms with E-state index in [-0.39, 0.29) is 17.4 Å². The van der Waals surface area contributed by atoms with Crippen molar-refractivity contribution in [2.75, 3.05) is 27.2 Å². The molecule has 0 unspecified atom stereocenters. The third kappa shape index (κ3) is 3.53. The Hall–Kier alpha value is -2.73. The quantitative estimate of drug-likeness (QED) is 0.535. The van der Waals surface area contributed by atoms with Crippen LogP contribution in [0.2, 0.25) is 0 Å². The molecule has 0 bridgehead atoms. The molecule has 0 aliphatic carbocycles. The SMILES string of the molecule is CC(=O)c1nc(C(=O)NCCCN(C)C)cc2c1[nH]c1ccccc12. The van der Waals surface area contributed by atoms with Crippen molar-refractivity contribution in [1.82, 2.24) is 20.2 Å². The largest absolute Gasteiger partial charge is 0.353 e. The molecule has 25 heavy (non-hydrogen) atoms. The summed E-state index contributed by atoms with van der Waals surface area (Å²) < 4.78 is 0. The van der Waals surface area contributed by atoms with Gasteiger partial charge in [-0.25, -0.2) is 4.98 Å². The first-order valence-corrected chi connectivity index (χ1v) is 8.32. The van der Waals surface area contributed by atoms with E-state index in [0.29, 0.717) is 17.8 Å². The maximum Gasteiger partial charge on any atom is 0.269 e. The number of para-hydroxylation sites is 1. The van der Waals surface area contributed by atoms with Crippen LogP contribution in [-0.4, -0.2) is 53.7 Å². The molecule has 0 fully saturated rings. The molecule has 6 nitrogen and oxygen atoms in total. The van der Waals surface area contributed by atoms with E-state index in [1.807, 2.05) is 38.4 Å². The van der Waals surface area contributed by atoms with Crippen LogP contribution in [0.15, 0.2) is 30.3 Å². The van der Waals surface area contributed by atoms with Crippen molar-refractivity contribution in [2.24, 2.45) is 0 Å². The first kappa shape index (κ1) is 17.1. The number of benzene rings is 1. The fourth-order valence-corrected chi connectivity index (χ4v) is 2.90. The van der Waals surface area contributed by atoms with Crippen LogP contribution in [0.4, 0.5) is 0 Å². The van der Waals surface area contributed by atoms with Crippen LogP contribution in [0, 0.1) is 0 Å². The summed E-state index contributed by atoms with van der Waals surface area (Å²) in [6.45, 7) is 2.93. The van der Waals surface area contributed by atoms with E-state index in [2.05, 4.69) is 20.2 Å². The highest BCUT2D eigenvalue weighted by atomic mass is 16.2. The Kier molecular flexibility index (Phi) is 4.81. The molecule has 0 saturated carbocycles. The van der Waals surface area contributed by atoms with Crippen molar-refractivity contribution < 1.29 is 9.59 Å². The van der Waals surface area contributed by atoms with Gasteiger partial charge in [-0.3, -0.25) is 9.59 Å². The summed E-state index contributed by atoms with van der Waals surface area (Å²) in [5, 5.41) is 4.69. The molecule has 0 radical (unpaired) electrons. The second kappa shape index (κ2) is 7.03. The van der Waals surface area contributed by atoms with Crippen molar-refractivity contribution in [1.29, 1.82) is 0 Å². The van der Waals surface area contributed by atoms with Gasteiger partial charge in [0.1, 0.15) is 11.4 Å². The van der Waals surface area contributed by atoms with Gasteiger partial charge < -0.3 is 15.2 Å². The van der Waals surface area contributed by atoms with Gasteiger partial charge in [0.2, 0.25) is 0 Å². The standard InChI is InChI=1S/C19H22N4O2/c1-12(24)17-18-14(13-7-4-5-8-15(13)21-18)11-16(22-17)19(25)20-9-6-10-23(2)3/h4-5,7-8,11,21H,6,9-10H2,1-3H3,(H,20,25). The zero-order chi connectivity index (χ0) is 18.0. The summed E-state index contributed by atoms with van der Waals surface area (Å²) in [6, 6.07) is 9.53. The molecule has 2 aromatic heterocycles. The number of pyridine rings is 1. The summed E-state index contributed by atoms with van der Waals surface area (Å²) in [4.78, 5) is 34.1. The number of hydrogen-bond acceptors (Lipinski definition) is 4. The summed E-state index contributed by atoms with van der Waals surface area (Å²) in [7, 11) is 3.99. The Morgan fingerprint density at radius 3 is 2.68 bits per heavy atom. The predicted octanol–water partition coefficient (Wildman–Crippen LogP) is 2.60. The number of aromatic amines is 1. The maximum atomic E-state index is 12.5. The van der Waals surface area contributed by atoms with Crippen LogP contribution in [0.25, 0.3) is 21.8 Å². The van der Waals surface area contributed by atoms with Gasteiger partial charge in [-0.15, -0.1) is 0 Å². The number of nitrogens with zero attached hydrogens (tertiary/aromatic N) is 2. The van der Waals surface area contributed by atoms with E-state index in [9.17, 15) is 9.59 Å². The van der Waals surface area contributed by atoms with Crippen LogP contribution in [0.5, 0.6) is 0 Å². The minimum atomic E-state index is -0.256. The summed E-state index contributed by atoms with van der Waals surface area (Å²) in [5.41, 5.74) is 2.17. The van der Waals surface area contributed by atoms with E-state index in [1.165, 1.54) is 6.92 Å². The Morgan fingerprint density at radius 2 is 1.96 bits per heavy atom. The highest BCUT2D eigenvalue weighted by Gasteiger charge is 2.17. The molecule has 2 N–H and O–H groups in total. The van der Waals surface area contributed by atoms with Crippen molar-refractivity contribution in [3.8, 4) is 0 Å². The van der Waals surface area contributed by atoms with E-state index >= 15 is 0 Å². The molecule has 130 valence electrons. The molecule has 1 aromatic carbocycles. The zero-order valence-electron chi connectivity index (χ0n) is 14.7. The van der Waals surface area contributed by atoms with Crippen molar-refractivity contribution in [2.45, 2.75) is 13.3 Å². The van der Waals surface area contributed by atoms with Crippen LogP contribution in [0.3, 0.4) is 0 Å². The Bertz CT molecular complexity index is 943. The molecule has 3 aromatic rings. The van der Waals surface area contributed by atoms with Gasteiger partial charge in [0.15, 0.2) is 5.78 Å². The number of hydrogen-bond donors (Lipinski definition) is 2. The van der Waals surface area contributed by atoms with Gasteiger partial charge in [-0.05, 0) is 39.2 Å². The minimum absolute atomic E-state index is 0.168. The van der Waals surface area contributed by atoms with Crippen LogP contribution < -0.4 is 5.32 Å². The first-order chi connectivity index (χ1) is 12.0. The Balaban J connectivity index is 1.97. The van der Waals surface area contributed by atoms with Crippen molar-refractivity contribution in [3.63, 3.8) is 0 Å². The monoisotopic (exact) mass is 338 g/mol. The molecular formula is C19H22N4O2. The van der Waals surface area contributed by atoms with Gasteiger partial charge in [0.25, 0.3) is 5.91 Å². The van der Waals surface area contributed by atoms with Crippen LogP contribution >= 0.6 is 0 Å². The Morgan fingerprint density at radius 1 is 1.20 bits per heavy atom. The van der Waals surface area contributed by atoms with E-state index in [4.69, 9.17) is 0 Å². The van der Waals surface area contributed by atoms with Crippen LogP contribution in [-0.2, 0) is 0 Å². The second-order valence-corrected chi connectivity index (χ2v) is 6.42. The van der Waals surface area contributed by atoms with Gasteiger partial charge in [0, 0.05) is 29.8 Å². The lowest BCUT2D eigenvalue weighted by atomic mass is 10.1. The van der Waals surface area contributed by atoms with Crippen molar-refractivity contribution in [3.05, 3.63) is 41.7 Å². The molecule has 0 spiro atoms. The summed E-state index contributed by atoms with van der Waals surface area (Å²) >= 11 is 0. The number of carbonyl (C=O) groups excluding carboxylic acids is 2. The number of amides is 1. The van der Waals surface area contributed by atoms with Gasteiger partial charge >= 0.3 is 0 Å². The molecule has 0 saturated heterocycles. The zero-order valence-corrected chi connectivity index (χ0v) is 14.7. The van der Waals surface area contributed by atoms with Gasteiger partial charge in [0.05, 0.1) is 5.52 Å². The number of H-pyrrole nitrogens is 1. The molecule has 2 heterocycles. The average molecular weight is 338 g/mol. The number of fused-ring (bicyclic) bond motifs is 3. The number of nitrogens with one attached hydrogen (secondary N) is 2. The molecule has 0 atom stereocenters. The number of carbonyl (C=O) groups is 2. The summed E-state index contributed by atoms with van der Waals surface area (Å²) in [5.74, 6) is -0.424. The molecule has 0 aliphatic rings. The van der Waals surface area contributed by atoms with Gasteiger partial charge in [-0.1, -0.05) is 18.2 Å². The molecular weight excluding hydrogens is 316 g/mol. The Labute approximate surface area is 146 Å². The predicted molar refractivity (Wildman–Crippen MR) is 99.1 cm³/mol. The number of Topliss-reactive ketones (excluding diaryl/α,β-unsaturated/α-hetero) is 1. The fraction of sp³-hybridized carbons (Fsp3) is 0.316. The second-order valence-electron chi connectivity index (χ2n) is 6.42. The normalized spacial score (nSPS) is 11.4. The minimum Gasteiger partial charge on any atom is -0.353 e. The molecule has 0 aliphatic heterocycles. The van der Waals surface area contributed by atoms with E-state index in [0.717, 1.165) is 29.3 Å². The third-order valence-corrected chi connectivity index (χ3v) is 4.13. The highest BCUT2D eigenvalue weighted by Crippen LogP contribution is 2.27.